The molecule has 2 unspecified atom stereocenters. The lowest BCUT2D eigenvalue weighted by Crippen LogP contribution is -2.43. The van der Waals surface area contributed by atoms with Gasteiger partial charge < -0.3 is 10.6 Å². The predicted octanol–water partition coefficient (Wildman–Crippen LogP) is 3.32. The van der Waals surface area contributed by atoms with E-state index in [1.54, 1.807) is 0 Å². The number of anilines is 2. The summed E-state index contributed by atoms with van der Waals surface area (Å²) in [7, 11) is 0. The molecule has 98 valence electrons. The molecule has 1 heterocycles. The van der Waals surface area contributed by atoms with Crippen molar-refractivity contribution in [2.24, 2.45) is 5.92 Å². The number of hydrogen-bond donors (Lipinski definition) is 1. The molecule has 2 fully saturated rings. The van der Waals surface area contributed by atoms with Gasteiger partial charge in [-0.15, -0.1) is 0 Å². The first-order chi connectivity index (χ1) is 8.66. The molecule has 0 radical (unpaired) electrons. The van der Waals surface area contributed by atoms with Gasteiger partial charge >= 0.3 is 0 Å². The molecule has 2 aliphatic rings. The summed E-state index contributed by atoms with van der Waals surface area (Å²) in [4.78, 5) is 1.94. The van der Waals surface area contributed by atoms with Crippen molar-refractivity contribution in [3.8, 4) is 0 Å². The monoisotopic (exact) mass is 252 g/mol. The van der Waals surface area contributed by atoms with Crippen molar-refractivity contribution in [1.82, 2.24) is 0 Å². The second kappa shape index (κ2) is 4.41. The second-order valence-corrected chi connectivity index (χ2v) is 5.43. The van der Waals surface area contributed by atoms with Crippen LogP contribution in [0.15, 0.2) is 12.1 Å². The molecule has 1 saturated carbocycles. The number of hydrogen-bond acceptors (Lipinski definition) is 2. The lowest BCUT2D eigenvalue weighted by Gasteiger charge is -2.39. The van der Waals surface area contributed by atoms with Crippen molar-refractivity contribution in [2.45, 2.75) is 38.1 Å². The maximum atomic E-state index is 14.0. The zero-order chi connectivity index (χ0) is 12.7. The van der Waals surface area contributed by atoms with Crippen LogP contribution in [0.5, 0.6) is 0 Å². The average Bonchev–Trinajstić information content (AvgIpc) is 2.76. The van der Waals surface area contributed by atoms with E-state index in [-0.39, 0.29) is 11.4 Å². The van der Waals surface area contributed by atoms with Gasteiger partial charge in [0.2, 0.25) is 0 Å². The van der Waals surface area contributed by atoms with Crippen molar-refractivity contribution in [2.75, 3.05) is 17.2 Å². The molecule has 18 heavy (non-hydrogen) atoms. The normalized spacial score (nSPS) is 27.3. The van der Waals surface area contributed by atoms with Crippen LogP contribution in [-0.2, 0) is 0 Å². The molecule has 1 aromatic carbocycles. The van der Waals surface area contributed by atoms with E-state index in [0.29, 0.717) is 12.0 Å². The molecule has 1 saturated heterocycles. The van der Waals surface area contributed by atoms with Crippen LogP contribution in [0.4, 0.5) is 20.2 Å². The highest BCUT2D eigenvalue weighted by molar-refractivity contribution is 5.57. The van der Waals surface area contributed by atoms with Gasteiger partial charge in [-0.05, 0) is 43.7 Å². The van der Waals surface area contributed by atoms with Crippen LogP contribution in [0.1, 0.15) is 32.1 Å². The molecule has 1 aromatic rings. The van der Waals surface area contributed by atoms with Crippen LogP contribution in [0, 0.1) is 17.6 Å². The topological polar surface area (TPSA) is 29.3 Å². The highest BCUT2D eigenvalue weighted by Crippen LogP contribution is 2.40. The molecule has 0 spiro atoms. The van der Waals surface area contributed by atoms with Crippen molar-refractivity contribution < 1.29 is 8.78 Å². The molecular formula is C14H18F2N2. The summed E-state index contributed by atoms with van der Waals surface area (Å²) in [5, 5.41) is 0. The molecular weight excluding hydrogens is 234 g/mol. The fraction of sp³-hybridized carbons (Fsp3) is 0.571. The number of fused-ring (bicyclic) bond motifs is 1. The Bertz CT molecular complexity index is 438. The van der Waals surface area contributed by atoms with E-state index in [1.165, 1.54) is 31.4 Å². The van der Waals surface area contributed by atoms with E-state index >= 15 is 0 Å². The van der Waals surface area contributed by atoms with E-state index < -0.39 is 11.6 Å². The Morgan fingerprint density at radius 3 is 2.44 bits per heavy atom. The lowest BCUT2D eigenvalue weighted by molar-refractivity contribution is 0.356. The predicted molar refractivity (Wildman–Crippen MR) is 68.5 cm³/mol. The fourth-order valence-electron chi connectivity index (χ4n) is 3.59. The fourth-order valence-corrected chi connectivity index (χ4v) is 3.59. The zero-order valence-electron chi connectivity index (χ0n) is 10.3. The summed E-state index contributed by atoms with van der Waals surface area (Å²) in [6.45, 7) is 0.749. The van der Waals surface area contributed by atoms with Gasteiger partial charge in [0.15, 0.2) is 11.6 Å². The minimum absolute atomic E-state index is 0.126. The maximum Gasteiger partial charge on any atom is 0.151 e. The van der Waals surface area contributed by atoms with Gasteiger partial charge in [0.05, 0.1) is 0 Å². The third-order valence-corrected chi connectivity index (χ3v) is 4.32. The Hall–Kier alpha value is -1.32. The summed E-state index contributed by atoms with van der Waals surface area (Å²) in [6, 6.07) is 2.75. The Morgan fingerprint density at radius 1 is 1.06 bits per heavy atom. The standard InChI is InChI=1S/C14H18F2N2/c15-11-7-10(17)8-12(16)14(11)18-6-2-4-9-3-1-5-13(9)18/h7-9,13H,1-6,17H2. The molecule has 3 rings (SSSR count). The van der Waals surface area contributed by atoms with Gasteiger partial charge in [-0.3, -0.25) is 0 Å². The average molecular weight is 252 g/mol. The van der Waals surface area contributed by atoms with E-state index in [1.807, 2.05) is 4.90 Å². The first-order valence-electron chi connectivity index (χ1n) is 6.68. The quantitative estimate of drug-likeness (QED) is 0.777. The minimum Gasteiger partial charge on any atom is -0.399 e. The SMILES string of the molecule is Nc1cc(F)c(N2CCCC3CCCC32)c(F)c1. The molecule has 0 aromatic heterocycles. The molecule has 4 heteroatoms. The third-order valence-electron chi connectivity index (χ3n) is 4.32. The Morgan fingerprint density at radius 2 is 1.72 bits per heavy atom. The Labute approximate surface area is 106 Å². The smallest absolute Gasteiger partial charge is 0.151 e. The number of benzene rings is 1. The first kappa shape index (κ1) is 11.8. The summed E-state index contributed by atoms with van der Waals surface area (Å²) in [5.41, 5.74) is 5.74. The van der Waals surface area contributed by atoms with Gasteiger partial charge in [0.1, 0.15) is 5.69 Å². The molecule has 0 bridgehead atoms. The number of nitrogens with two attached hydrogens (primary N) is 1. The van der Waals surface area contributed by atoms with E-state index in [4.69, 9.17) is 5.73 Å². The van der Waals surface area contributed by atoms with Crippen molar-refractivity contribution in [3.05, 3.63) is 23.8 Å². The third kappa shape index (κ3) is 1.84. The Balaban J connectivity index is 1.98. The van der Waals surface area contributed by atoms with Crippen molar-refractivity contribution in [3.63, 3.8) is 0 Å². The number of halogens is 2. The van der Waals surface area contributed by atoms with Gasteiger partial charge in [0, 0.05) is 18.3 Å². The highest BCUT2D eigenvalue weighted by Gasteiger charge is 2.37. The molecule has 1 aliphatic carbocycles. The summed E-state index contributed by atoms with van der Waals surface area (Å²) in [6.07, 6.45) is 5.63. The molecule has 1 aliphatic heterocycles. The number of nitrogen functional groups attached to an aromatic ring is 1. The van der Waals surface area contributed by atoms with Gasteiger partial charge in [0.25, 0.3) is 0 Å². The van der Waals surface area contributed by atoms with Crippen LogP contribution in [0.2, 0.25) is 0 Å². The van der Waals surface area contributed by atoms with Gasteiger partial charge in [-0.25, -0.2) is 8.78 Å². The van der Waals surface area contributed by atoms with E-state index in [9.17, 15) is 8.78 Å². The largest absolute Gasteiger partial charge is 0.399 e. The van der Waals surface area contributed by atoms with Crippen LogP contribution < -0.4 is 10.6 Å². The number of piperidine rings is 1. The summed E-state index contributed by atoms with van der Waals surface area (Å²) in [5.74, 6) is -0.449. The molecule has 2 atom stereocenters. The van der Waals surface area contributed by atoms with Crippen LogP contribution >= 0.6 is 0 Å². The minimum atomic E-state index is -0.528. The van der Waals surface area contributed by atoms with E-state index in [0.717, 1.165) is 19.4 Å². The highest BCUT2D eigenvalue weighted by atomic mass is 19.1. The molecule has 2 N–H and O–H groups in total. The summed E-state index contributed by atoms with van der Waals surface area (Å²) < 4.78 is 28.0. The summed E-state index contributed by atoms with van der Waals surface area (Å²) >= 11 is 0. The van der Waals surface area contributed by atoms with Crippen molar-refractivity contribution in [1.29, 1.82) is 0 Å². The second-order valence-electron chi connectivity index (χ2n) is 5.43. The molecule has 2 nitrogen and oxygen atoms in total. The number of nitrogens with zero attached hydrogens (tertiary/aromatic N) is 1. The first-order valence-corrected chi connectivity index (χ1v) is 6.68. The van der Waals surface area contributed by atoms with Crippen LogP contribution in [-0.4, -0.2) is 12.6 Å². The van der Waals surface area contributed by atoms with Crippen LogP contribution in [0.25, 0.3) is 0 Å². The molecule has 0 amide bonds. The van der Waals surface area contributed by atoms with Crippen molar-refractivity contribution >= 4 is 11.4 Å². The van der Waals surface area contributed by atoms with Crippen LogP contribution in [0.3, 0.4) is 0 Å². The van der Waals surface area contributed by atoms with E-state index in [2.05, 4.69) is 0 Å². The van der Waals surface area contributed by atoms with Gasteiger partial charge in [-0.2, -0.15) is 0 Å². The Kier molecular flexibility index (Phi) is 2.88. The zero-order valence-corrected chi connectivity index (χ0v) is 10.3. The lowest BCUT2D eigenvalue weighted by atomic mass is 9.91. The maximum absolute atomic E-state index is 14.0. The van der Waals surface area contributed by atoms with Gasteiger partial charge in [-0.1, -0.05) is 6.42 Å². The number of rotatable bonds is 1.